The third-order valence-corrected chi connectivity index (χ3v) is 7.44. The van der Waals surface area contributed by atoms with E-state index in [9.17, 15) is 24.3 Å². The fraction of sp³-hybridized carbons (Fsp3) is 0.840. The molecule has 11 nitrogen and oxygen atoms in total. The summed E-state index contributed by atoms with van der Waals surface area (Å²) in [6.45, 7) is 10.1. The summed E-state index contributed by atoms with van der Waals surface area (Å²) < 4.78 is 10.6. The lowest BCUT2D eigenvalue weighted by Gasteiger charge is -2.34. The quantitative estimate of drug-likeness (QED) is 0.441. The highest BCUT2D eigenvalue weighted by molar-refractivity contribution is 5.93. The van der Waals surface area contributed by atoms with Crippen molar-refractivity contribution in [3.8, 4) is 0 Å². The lowest BCUT2D eigenvalue weighted by atomic mass is 9.98. The zero-order valence-electron chi connectivity index (χ0n) is 22.1. The van der Waals surface area contributed by atoms with Gasteiger partial charge >= 0.3 is 12.2 Å². The Labute approximate surface area is 213 Å². The highest BCUT2D eigenvalue weighted by Gasteiger charge is 2.69. The van der Waals surface area contributed by atoms with Gasteiger partial charge in [0.05, 0.1) is 19.3 Å². The molecule has 0 spiro atoms. The molecule has 1 aliphatic carbocycles. The van der Waals surface area contributed by atoms with Crippen LogP contribution in [0.4, 0.5) is 9.59 Å². The van der Waals surface area contributed by atoms with Gasteiger partial charge in [0.2, 0.25) is 11.8 Å². The second-order valence-corrected chi connectivity index (χ2v) is 11.7. The predicted molar refractivity (Wildman–Crippen MR) is 131 cm³/mol. The number of ether oxygens (including phenoxy) is 2. The number of nitrogens with zero attached hydrogens (tertiary/aromatic N) is 1. The number of piperidine rings is 1. The molecule has 11 heteroatoms. The second kappa shape index (κ2) is 11.2. The highest BCUT2D eigenvalue weighted by atomic mass is 16.6. The average Bonchev–Trinajstić information content (AvgIpc) is 3.11. The lowest BCUT2D eigenvalue weighted by molar-refractivity contribution is -0.142. The number of aliphatic hydroxyl groups is 1. The highest BCUT2D eigenvalue weighted by Crippen LogP contribution is 2.64. The van der Waals surface area contributed by atoms with Crippen LogP contribution in [-0.4, -0.2) is 84.0 Å². The fourth-order valence-corrected chi connectivity index (χ4v) is 5.43. The van der Waals surface area contributed by atoms with Gasteiger partial charge in [-0.3, -0.25) is 9.59 Å². The van der Waals surface area contributed by atoms with Gasteiger partial charge in [0.15, 0.2) is 0 Å². The maximum atomic E-state index is 13.7. The van der Waals surface area contributed by atoms with E-state index in [0.717, 1.165) is 0 Å². The summed E-state index contributed by atoms with van der Waals surface area (Å²) in [7, 11) is 0. The van der Waals surface area contributed by atoms with Crippen molar-refractivity contribution in [2.24, 2.45) is 17.3 Å². The first-order valence-electron chi connectivity index (χ1n) is 13.0. The molecule has 0 radical (unpaired) electrons. The van der Waals surface area contributed by atoms with Crippen molar-refractivity contribution in [2.45, 2.75) is 90.4 Å². The van der Waals surface area contributed by atoms with E-state index in [1.54, 1.807) is 25.7 Å². The zero-order chi connectivity index (χ0) is 26.7. The van der Waals surface area contributed by atoms with Crippen LogP contribution in [0, 0.1) is 17.3 Å². The lowest BCUT2D eigenvalue weighted by Crippen LogP contribution is -2.57. The maximum Gasteiger partial charge on any atom is 0.408 e. The largest absolute Gasteiger partial charge is 0.450 e. The number of rotatable bonds is 2. The van der Waals surface area contributed by atoms with E-state index in [4.69, 9.17) is 9.47 Å². The second-order valence-electron chi connectivity index (χ2n) is 11.7. The van der Waals surface area contributed by atoms with Crippen molar-refractivity contribution in [3.63, 3.8) is 0 Å². The fourth-order valence-electron chi connectivity index (χ4n) is 5.43. The average molecular weight is 511 g/mol. The van der Waals surface area contributed by atoms with E-state index in [-0.39, 0.29) is 48.7 Å². The third kappa shape index (κ3) is 6.80. The number of hydrogen-bond donors (Lipinski definition) is 4. The maximum absolute atomic E-state index is 13.7. The molecule has 0 unspecified atom stereocenters. The van der Waals surface area contributed by atoms with Crippen LogP contribution in [0.15, 0.2) is 0 Å². The molecule has 0 bridgehead atoms. The minimum atomic E-state index is -0.938. The van der Waals surface area contributed by atoms with Gasteiger partial charge in [0.1, 0.15) is 17.7 Å². The van der Waals surface area contributed by atoms with Crippen LogP contribution in [0.25, 0.3) is 0 Å². The van der Waals surface area contributed by atoms with E-state index in [0.29, 0.717) is 38.8 Å². The van der Waals surface area contributed by atoms with E-state index >= 15 is 0 Å². The molecule has 0 aromatic heterocycles. The Morgan fingerprint density at radius 3 is 2.58 bits per heavy atom. The van der Waals surface area contributed by atoms with E-state index in [1.165, 1.54) is 0 Å². The van der Waals surface area contributed by atoms with Crippen molar-refractivity contribution in [3.05, 3.63) is 0 Å². The minimum absolute atomic E-state index is 0.00945. The van der Waals surface area contributed by atoms with Crippen LogP contribution in [0.1, 0.15) is 66.7 Å². The molecule has 5 atom stereocenters. The summed E-state index contributed by atoms with van der Waals surface area (Å²) in [6.07, 6.45) is 1.20. The predicted octanol–water partition coefficient (Wildman–Crippen LogP) is 1.53. The summed E-state index contributed by atoms with van der Waals surface area (Å²) in [6, 6.07) is -2.06. The van der Waals surface area contributed by atoms with Gasteiger partial charge in [-0.25, -0.2) is 9.59 Å². The standard InChI is InChI=1S/C25H42N4O7/c1-24(2,3)36-23(34)28-17-10-8-12-35-22(33)26-11-7-6-9-15(14-30)27-20(31)19-18-16(25(18,4)5)13-29(19)21(17)32/h15-19,30H,6-14H2,1-5H3,(H,26,33)(H,27,31)(H,28,34)/t15-,16-,17-,18-,19-/m0/s1. The molecule has 36 heavy (non-hydrogen) atoms. The van der Waals surface area contributed by atoms with E-state index in [2.05, 4.69) is 29.8 Å². The third-order valence-electron chi connectivity index (χ3n) is 7.44. The molecule has 4 N–H and O–H groups in total. The Kier molecular flexibility index (Phi) is 8.74. The Bertz CT molecular complexity index is 841. The molecule has 2 heterocycles. The molecule has 204 valence electrons. The van der Waals surface area contributed by atoms with Crippen molar-refractivity contribution in [1.29, 1.82) is 0 Å². The Hall–Kier alpha value is -2.56. The molecular weight excluding hydrogens is 468 g/mol. The SMILES string of the molecule is CC(C)(C)OC(=O)N[C@H]1CCCOC(=O)NCCCC[C@@H](CO)NC(=O)[C@@H]2[C@@H]3[C@H](CN2C1=O)C3(C)C. The number of cyclic esters (lactones) is 1. The molecule has 2 saturated heterocycles. The molecule has 4 amide bonds. The molecular formula is C25H42N4O7. The Balaban J connectivity index is 1.82. The van der Waals surface area contributed by atoms with E-state index in [1.807, 2.05) is 0 Å². The summed E-state index contributed by atoms with van der Waals surface area (Å²) in [5, 5.41) is 18.1. The molecule has 0 aromatic rings. The molecule has 3 rings (SSSR count). The van der Waals surface area contributed by atoms with Crippen LogP contribution in [-0.2, 0) is 19.1 Å². The van der Waals surface area contributed by atoms with Gasteiger partial charge in [-0.2, -0.15) is 0 Å². The van der Waals surface area contributed by atoms with Crippen LogP contribution < -0.4 is 16.0 Å². The first-order valence-corrected chi connectivity index (χ1v) is 13.0. The minimum Gasteiger partial charge on any atom is -0.450 e. The first kappa shape index (κ1) is 28.0. The van der Waals surface area contributed by atoms with Crippen LogP contribution in [0.5, 0.6) is 0 Å². The molecule has 2 aliphatic heterocycles. The summed E-state index contributed by atoms with van der Waals surface area (Å²) in [5.41, 5.74) is -0.813. The van der Waals surface area contributed by atoms with Gasteiger partial charge in [-0.15, -0.1) is 0 Å². The monoisotopic (exact) mass is 510 g/mol. The first-order chi connectivity index (χ1) is 16.8. The van der Waals surface area contributed by atoms with Crippen molar-refractivity contribution < 1.29 is 33.8 Å². The van der Waals surface area contributed by atoms with Crippen molar-refractivity contribution >= 4 is 24.0 Å². The van der Waals surface area contributed by atoms with Gasteiger partial charge in [-0.1, -0.05) is 13.8 Å². The van der Waals surface area contributed by atoms with Crippen LogP contribution in [0.2, 0.25) is 0 Å². The van der Waals surface area contributed by atoms with Crippen molar-refractivity contribution in [2.75, 3.05) is 26.3 Å². The Morgan fingerprint density at radius 1 is 1.19 bits per heavy atom. The summed E-state index contributed by atoms with van der Waals surface area (Å²) >= 11 is 0. The van der Waals surface area contributed by atoms with Gasteiger partial charge < -0.3 is 35.4 Å². The zero-order valence-corrected chi connectivity index (χ0v) is 22.1. The molecule has 3 aliphatic rings. The number of aliphatic hydroxyl groups excluding tert-OH is 1. The number of carbonyl (C=O) groups is 4. The van der Waals surface area contributed by atoms with Gasteiger partial charge in [0.25, 0.3) is 0 Å². The van der Waals surface area contributed by atoms with E-state index < -0.39 is 35.9 Å². The number of fused-ring (bicyclic) bond motifs is 3. The molecule has 1 saturated carbocycles. The van der Waals surface area contributed by atoms with Gasteiger partial charge in [-0.05, 0) is 70.1 Å². The van der Waals surface area contributed by atoms with Crippen molar-refractivity contribution in [1.82, 2.24) is 20.9 Å². The smallest absolute Gasteiger partial charge is 0.408 e. The van der Waals surface area contributed by atoms with Gasteiger partial charge in [0, 0.05) is 13.1 Å². The van der Waals surface area contributed by atoms with Crippen LogP contribution in [0.3, 0.4) is 0 Å². The topological polar surface area (TPSA) is 146 Å². The number of hydrogen-bond acceptors (Lipinski definition) is 7. The molecule has 3 fully saturated rings. The summed E-state index contributed by atoms with van der Waals surface area (Å²) in [4.78, 5) is 53.2. The van der Waals surface area contributed by atoms with Crippen LogP contribution >= 0.6 is 0 Å². The Morgan fingerprint density at radius 2 is 1.92 bits per heavy atom. The summed E-state index contributed by atoms with van der Waals surface area (Å²) in [5.74, 6) is -0.449. The number of carbonyl (C=O) groups excluding carboxylic acids is 4. The molecule has 0 aromatic carbocycles. The number of nitrogens with one attached hydrogen (secondary N) is 3. The number of amides is 4. The normalized spacial score (nSPS) is 31.7. The number of alkyl carbamates (subject to hydrolysis) is 2.